The van der Waals surface area contributed by atoms with Gasteiger partial charge in [0.05, 0.1) is 0 Å². The third kappa shape index (κ3) is 1.38. The van der Waals surface area contributed by atoms with Crippen molar-refractivity contribution in [1.82, 2.24) is 0 Å². The lowest BCUT2D eigenvalue weighted by Gasteiger charge is -2.33. The number of hydrogen-bond acceptors (Lipinski definition) is 1. The Kier molecular flexibility index (Phi) is 2.05. The van der Waals surface area contributed by atoms with Crippen LogP contribution >= 0.6 is 0 Å². The summed E-state index contributed by atoms with van der Waals surface area (Å²) in [7, 11) is 2.17. The van der Waals surface area contributed by atoms with Crippen molar-refractivity contribution < 1.29 is 0 Å². The van der Waals surface area contributed by atoms with E-state index in [1.54, 1.807) is 5.56 Å². The van der Waals surface area contributed by atoms with E-state index in [1.165, 1.54) is 49.8 Å². The highest BCUT2D eigenvalue weighted by molar-refractivity contribution is 6.32. The minimum Gasteiger partial charge on any atom is -0.384 e. The Balaban J connectivity index is 2.03. The van der Waals surface area contributed by atoms with Gasteiger partial charge in [0.25, 0.3) is 0 Å². The predicted molar refractivity (Wildman–Crippen MR) is 67.9 cm³/mol. The van der Waals surface area contributed by atoms with Crippen molar-refractivity contribution in [2.45, 2.75) is 37.5 Å². The first-order valence-corrected chi connectivity index (χ1v) is 6.15. The van der Waals surface area contributed by atoms with Gasteiger partial charge in [0.1, 0.15) is 7.85 Å². The molecule has 2 heteroatoms. The number of rotatable bonds is 0. The third-order valence-electron chi connectivity index (χ3n) is 4.17. The second kappa shape index (κ2) is 3.29. The van der Waals surface area contributed by atoms with E-state index in [4.69, 9.17) is 0 Å². The highest BCUT2D eigenvalue weighted by Crippen LogP contribution is 2.45. The fraction of sp³-hybridized carbons (Fsp3) is 0.538. The second-order valence-corrected chi connectivity index (χ2v) is 5.24. The van der Waals surface area contributed by atoms with Gasteiger partial charge < -0.3 is 5.32 Å². The maximum atomic E-state index is 3.60. The second-order valence-electron chi connectivity index (χ2n) is 5.24. The molecule has 3 rings (SSSR count). The van der Waals surface area contributed by atoms with Crippen LogP contribution in [0.2, 0.25) is 0 Å². The van der Waals surface area contributed by atoms with Crippen LogP contribution in [0.25, 0.3) is 0 Å². The molecule has 1 fully saturated rings. The van der Waals surface area contributed by atoms with E-state index >= 15 is 0 Å². The van der Waals surface area contributed by atoms with Crippen LogP contribution in [0.3, 0.4) is 0 Å². The van der Waals surface area contributed by atoms with Crippen LogP contribution in [0, 0.1) is 0 Å². The van der Waals surface area contributed by atoms with Gasteiger partial charge in [-0.25, -0.2) is 0 Å². The summed E-state index contributed by atoms with van der Waals surface area (Å²) in [5.41, 5.74) is 4.85. The standard InChI is InChI=1S/C13H18BN/c14-10-4-5-11-12(8-10)15-9-13(11)6-2-1-3-7-13/h4-5,8,15H,1-3,6-7,9,14H2. The lowest BCUT2D eigenvalue weighted by molar-refractivity contribution is 0.319. The van der Waals surface area contributed by atoms with Crippen LogP contribution < -0.4 is 10.8 Å². The quantitative estimate of drug-likeness (QED) is 0.625. The van der Waals surface area contributed by atoms with Gasteiger partial charge in [-0.1, -0.05) is 36.9 Å². The Labute approximate surface area is 92.7 Å². The average Bonchev–Trinajstić information content (AvgIpc) is 2.58. The van der Waals surface area contributed by atoms with Gasteiger partial charge in [0.2, 0.25) is 0 Å². The topological polar surface area (TPSA) is 12.0 Å². The van der Waals surface area contributed by atoms with E-state index in [-0.39, 0.29) is 0 Å². The van der Waals surface area contributed by atoms with Gasteiger partial charge in [0, 0.05) is 17.6 Å². The van der Waals surface area contributed by atoms with Gasteiger partial charge in [-0.3, -0.25) is 0 Å². The smallest absolute Gasteiger partial charge is 0.139 e. The highest BCUT2D eigenvalue weighted by atomic mass is 14.9. The Morgan fingerprint density at radius 3 is 2.73 bits per heavy atom. The Morgan fingerprint density at radius 1 is 1.13 bits per heavy atom. The van der Waals surface area contributed by atoms with Crippen molar-refractivity contribution in [2.75, 3.05) is 11.9 Å². The van der Waals surface area contributed by atoms with Gasteiger partial charge in [-0.2, -0.15) is 0 Å². The van der Waals surface area contributed by atoms with E-state index in [2.05, 4.69) is 31.4 Å². The number of benzene rings is 1. The SMILES string of the molecule is Bc1ccc2c(c1)NCC21CCCCC1. The van der Waals surface area contributed by atoms with Crippen molar-refractivity contribution >= 4 is 19.0 Å². The van der Waals surface area contributed by atoms with E-state index < -0.39 is 0 Å². The van der Waals surface area contributed by atoms with Crippen molar-refractivity contribution in [2.24, 2.45) is 0 Å². The number of hydrogen-bond donors (Lipinski definition) is 1. The summed E-state index contributed by atoms with van der Waals surface area (Å²) in [5.74, 6) is 0. The Hall–Kier alpha value is -0.915. The summed E-state index contributed by atoms with van der Waals surface area (Å²) in [5, 5.41) is 3.60. The molecule has 1 aliphatic heterocycles. The first-order chi connectivity index (χ1) is 7.30. The van der Waals surface area contributed by atoms with E-state index in [0.717, 1.165) is 0 Å². The molecule has 1 aliphatic carbocycles. The molecule has 0 amide bonds. The minimum absolute atomic E-state index is 0.487. The van der Waals surface area contributed by atoms with Crippen LogP contribution in [0.15, 0.2) is 18.2 Å². The number of fused-ring (bicyclic) bond motifs is 2. The van der Waals surface area contributed by atoms with Gasteiger partial charge in [0.15, 0.2) is 0 Å². The normalized spacial score (nSPS) is 22.4. The molecule has 1 aromatic rings. The van der Waals surface area contributed by atoms with Crippen molar-refractivity contribution in [3.63, 3.8) is 0 Å². The summed E-state index contributed by atoms with van der Waals surface area (Å²) in [6, 6.07) is 6.93. The average molecular weight is 199 g/mol. The lowest BCUT2D eigenvalue weighted by Crippen LogP contribution is -2.30. The van der Waals surface area contributed by atoms with Crippen LogP contribution in [0.5, 0.6) is 0 Å². The highest BCUT2D eigenvalue weighted by Gasteiger charge is 2.39. The molecule has 78 valence electrons. The maximum Gasteiger partial charge on any atom is 0.139 e. The molecule has 15 heavy (non-hydrogen) atoms. The largest absolute Gasteiger partial charge is 0.384 e. The molecular formula is C13H18BN. The molecule has 0 radical (unpaired) electrons. The molecule has 0 atom stereocenters. The fourth-order valence-electron chi connectivity index (χ4n) is 3.30. The Bertz CT molecular complexity index is 380. The van der Waals surface area contributed by atoms with E-state index in [1.807, 2.05) is 0 Å². The lowest BCUT2D eigenvalue weighted by atomic mass is 9.70. The van der Waals surface area contributed by atoms with Gasteiger partial charge in [-0.05, 0) is 24.5 Å². The molecule has 0 bridgehead atoms. The van der Waals surface area contributed by atoms with Crippen molar-refractivity contribution in [3.05, 3.63) is 23.8 Å². The van der Waals surface area contributed by atoms with Crippen molar-refractivity contribution in [3.8, 4) is 0 Å². The maximum absolute atomic E-state index is 3.60. The molecule has 0 aromatic heterocycles. The Morgan fingerprint density at radius 2 is 1.93 bits per heavy atom. The summed E-state index contributed by atoms with van der Waals surface area (Å²) in [6.07, 6.45) is 7.03. The molecule has 1 aromatic carbocycles. The molecule has 1 saturated carbocycles. The monoisotopic (exact) mass is 199 g/mol. The molecular weight excluding hydrogens is 181 g/mol. The molecule has 1 N–H and O–H groups in total. The predicted octanol–water partition coefficient (Wildman–Crippen LogP) is 1.57. The summed E-state index contributed by atoms with van der Waals surface area (Å²) in [6.45, 7) is 1.17. The molecule has 0 saturated heterocycles. The number of nitrogens with one attached hydrogen (secondary N) is 1. The molecule has 1 nitrogen and oxygen atoms in total. The zero-order valence-electron chi connectivity index (χ0n) is 9.47. The molecule has 1 heterocycles. The first-order valence-electron chi connectivity index (χ1n) is 6.15. The van der Waals surface area contributed by atoms with Crippen LogP contribution in [-0.2, 0) is 5.41 Å². The van der Waals surface area contributed by atoms with Gasteiger partial charge in [-0.15, -0.1) is 0 Å². The third-order valence-corrected chi connectivity index (χ3v) is 4.17. The zero-order valence-corrected chi connectivity index (χ0v) is 9.47. The van der Waals surface area contributed by atoms with E-state index in [9.17, 15) is 0 Å². The van der Waals surface area contributed by atoms with Crippen LogP contribution in [0.4, 0.5) is 5.69 Å². The summed E-state index contributed by atoms with van der Waals surface area (Å²) >= 11 is 0. The zero-order chi connectivity index (χ0) is 10.3. The minimum atomic E-state index is 0.487. The molecule has 1 spiro atoms. The number of anilines is 1. The van der Waals surface area contributed by atoms with Gasteiger partial charge >= 0.3 is 0 Å². The first kappa shape index (κ1) is 9.32. The summed E-state index contributed by atoms with van der Waals surface area (Å²) in [4.78, 5) is 0. The van der Waals surface area contributed by atoms with Crippen LogP contribution in [-0.4, -0.2) is 14.4 Å². The van der Waals surface area contributed by atoms with E-state index in [0.29, 0.717) is 5.41 Å². The summed E-state index contributed by atoms with van der Waals surface area (Å²) < 4.78 is 0. The molecule has 0 unspecified atom stereocenters. The van der Waals surface area contributed by atoms with Crippen molar-refractivity contribution in [1.29, 1.82) is 0 Å². The van der Waals surface area contributed by atoms with Crippen LogP contribution in [0.1, 0.15) is 37.7 Å². The molecule has 2 aliphatic rings. The fourth-order valence-corrected chi connectivity index (χ4v) is 3.30.